The topological polar surface area (TPSA) is 83.1 Å². The van der Waals surface area contributed by atoms with Gasteiger partial charge in [0.05, 0.1) is 23.6 Å². The van der Waals surface area contributed by atoms with E-state index in [1.165, 1.54) is 4.90 Å². The number of carbonyl (C=O) groups excluding carboxylic acids is 1. The second-order valence-corrected chi connectivity index (χ2v) is 9.26. The van der Waals surface area contributed by atoms with Crippen molar-refractivity contribution in [3.8, 4) is 11.3 Å². The van der Waals surface area contributed by atoms with Crippen molar-refractivity contribution < 1.29 is 9.21 Å². The Labute approximate surface area is 184 Å². The lowest BCUT2D eigenvalue weighted by Gasteiger charge is -2.44. The number of fused-ring (bicyclic) bond motifs is 1. The number of amidine groups is 1. The van der Waals surface area contributed by atoms with Crippen LogP contribution in [0.1, 0.15) is 35.4 Å². The number of nitrogens with one attached hydrogen (secondary N) is 1. The standard InChI is InChI=1S/C24H22N4O2S/c1-14-4-6-18(27-26-14)17-11-20(31-13-17)24(2)12-21(25)28(3)23(29)22(24)16-5-7-19-15(10-16)8-9-30-19/h4-11,13,22,25H,12H2,1-3H3/t22?,24-/m1/s1. The van der Waals surface area contributed by atoms with Gasteiger partial charge in [-0.25, -0.2) is 0 Å². The molecule has 31 heavy (non-hydrogen) atoms. The predicted molar refractivity (Wildman–Crippen MR) is 122 cm³/mol. The van der Waals surface area contributed by atoms with E-state index in [1.54, 1.807) is 24.6 Å². The number of nitrogens with zero attached hydrogens (tertiary/aromatic N) is 3. The Balaban J connectivity index is 1.62. The largest absolute Gasteiger partial charge is 0.464 e. The van der Waals surface area contributed by atoms with Gasteiger partial charge in [0.15, 0.2) is 0 Å². The molecule has 4 heterocycles. The van der Waals surface area contributed by atoms with Crippen LogP contribution in [0.4, 0.5) is 0 Å². The Bertz CT molecular complexity index is 1310. The van der Waals surface area contributed by atoms with Crippen LogP contribution in [0.2, 0.25) is 0 Å². The normalized spacial score (nSPS) is 21.8. The van der Waals surface area contributed by atoms with Gasteiger partial charge in [0, 0.05) is 40.1 Å². The minimum Gasteiger partial charge on any atom is -0.464 e. The van der Waals surface area contributed by atoms with Crippen LogP contribution in [0, 0.1) is 12.3 Å². The van der Waals surface area contributed by atoms with Crippen LogP contribution in [-0.2, 0) is 10.2 Å². The Morgan fingerprint density at radius 2 is 2.03 bits per heavy atom. The number of aromatic nitrogens is 2. The lowest BCUT2D eigenvalue weighted by Crippen LogP contribution is -2.51. The van der Waals surface area contributed by atoms with Crippen molar-refractivity contribution in [3.63, 3.8) is 0 Å². The van der Waals surface area contributed by atoms with Gasteiger partial charge in [-0.3, -0.25) is 10.2 Å². The zero-order valence-electron chi connectivity index (χ0n) is 17.5. The molecule has 4 aromatic rings. The Hall–Kier alpha value is -3.32. The number of benzene rings is 1. The van der Waals surface area contributed by atoms with Crippen molar-refractivity contribution in [2.75, 3.05) is 7.05 Å². The SMILES string of the molecule is Cc1ccc(-c2csc([C@@]3(C)CC(=N)N(C)C(=O)C3c3ccc4occc4c3)c2)nn1. The van der Waals surface area contributed by atoms with Crippen LogP contribution in [0.3, 0.4) is 0 Å². The van der Waals surface area contributed by atoms with E-state index in [4.69, 9.17) is 9.83 Å². The third kappa shape index (κ3) is 3.16. The summed E-state index contributed by atoms with van der Waals surface area (Å²) < 4.78 is 5.48. The molecule has 1 N–H and O–H groups in total. The molecular formula is C24H22N4O2S. The fraction of sp³-hybridized carbons (Fsp3) is 0.250. The average molecular weight is 431 g/mol. The van der Waals surface area contributed by atoms with Crippen molar-refractivity contribution in [1.29, 1.82) is 5.41 Å². The second kappa shape index (κ2) is 7.13. The maximum Gasteiger partial charge on any atom is 0.236 e. The summed E-state index contributed by atoms with van der Waals surface area (Å²) in [6.45, 7) is 4.00. The molecule has 1 aliphatic heterocycles. The van der Waals surface area contributed by atoms with Crippen LogP contribution in [-0.4, -0.2) is 33.9 Å². The third-order valence-electron chi connectivity index (χ3n) is 6.22. The summed E-state index contributed by atoms with van der Waals surface area (Å²) in [5.74, 6) is -0.133. The van der Waals surface area contributed by atoms with E-state index in [1.807, 2.05) is 43.3 Å². The maximum absolute atomic E-state index is 13.5. The van der Waals surface area contributed by atoms with Crippen molar-refractivity contribution in [2.45, 2.75) is 31.6 Å². The summed E-state index contributed by atoms with van der Waals surface area (Å²) >= 11 is 1.61. The number of amides is 1. The number of likely N-dealkylation sites (N-methyl/N-ethyl adjacent to an activating group) is 1. The Kier molecular flexibility index (Phi) is 4.51. The zero-order valence-corrected chi connectivity index (χ0v) is 18.4. The molecule has 0 spiro atoms. The molecule has 0 aliphatic carbocycles. The van der Waals surface area contributed by atoms with E-state index < -0.39 is 11.3 Å². The molecule has 2 atom stereocenters. The van der Waals surface area contributed by atoms with Gasteiger partial charge >= 0.3 is 0 Å². The summed E-state index contributed by atoms with van der Waals surface area (Å²) in [4.78, 5) is 16.0. The van der Waals surface area contributed by atoms with Gasteiger partial charge in [-0.15, -0.1) is 11.3 Å². The molecular weight excluding hydrogens is 408 g/mol. The predicted octanol–water partition coefficient (Wildman–Crippen LogP) is 5.14. The van der Waals surface area contributed by atoms with Gasteiger partial charge < -0.3 is 9.32 Å². The van der Waals surface area contributed by atoms with Crippen molar-refractivity contribution >= 4 is 34.0 Å². The summed E-state index contributed by atoms with van der Waals surface area (Å²) in [6, 6.07) is 13.8. The lowest BCUT2D eigenvalue weighted by atomic mass is 9.67. The van der Waals surface area contributed by atoms with E-state index in [0.29, 0.717) is 12.3 Å². The average Bonchev–Trinajstić information content (AvgIpc) is 3.42. The molecule has 1 saturated heterocycles. The number of thiophene rings is 1. The van der Waals surface area contributed by atoms with E-state index in [0.717, 1.165) is 38.4 Å². The molecule has 156 valence electrons. The van der Waals surface area contributed by atoms with Crippen LogP contribution < -0.4 is 0 Å². The molecule has 7 heteroatoms. The first-order valence-electron chi connectivity index (χ1n) is 10.1. The van der Waals surface area contributed by atoms with Gasteiger partial charge in [-0.05, 0) is 48.9 Å². The van der Waals surface area contributed by atoms with Crippen LogP contribution in [0.5, 0.6) is 0 Å². The molecule has 3 aromatic heterocycles. The molecule has 0 radical (unpaired) electrons. The quantitative estimate of drug-likeness (QED) is 0.488. The van der Waals surface area contributed by atoms with Gasteiger partial charge in [-0.1, -0.05) is 13.0 Å². The highest BCUT2D eigenvalue weighted by atomic mass is 32.1. The van der Waals surface area contributed by atoms with E-state index in [9.17, 15) is 4.79 Å². The number of rotatable bonds is 3. The number of likely N-dealkylation sites (tertiary alicyclic amines) is 1. The minimum atomic E-state index is -0.543. The van der Waals surface area contributed by atoms with Crippen LogP contribution in [0.15, 0.2) is 58.5 Å². The fourth-order valence-electron chi connectivity index (χ4n) is 4.40. The molecule has 1 aliphatic rings. The number of aryl methyl sites for hydroxylation is 1. The number of hydrogen-bond donors (Lipinski definition) is 1. The number of piperidine rings is 1. The van der Waals surface area contributed by atoms with Gasteiger partial charge in [0.2, 0.25) is 5.91 Å². The highest BCUT2D eigenvalue weighted by Gasteiger charge is 2.49. The van der Waals surface area contributed by atoms with E-state index in [2.05, 4.69) is 28.6 Å². The first kappa shape index (κ1) is 19.6. The molecule has 1 amide bonds. The van der Waals surface area contributed by atoms with Crippen molar-refractivity contribution in [1.82, 2.24) is 15.1 Å². The van der Waals surface area contributed by atoms with Gasteiger partial charge in [-0.2, -0.15) is 10.2 Å². The monoisotopic (exact) mass is 430 g/mol. The Morgan fingerprint density at radius 1 is 1.19 bits per heavy atom. The van der Waals surface area contributed by atoms with Gasteiger partial charge in [0.25, 0.3) is 0 Å². The molecule has 1 aromatic carbocycles. The first-order chi connectivity index (χ1) is 14.9. The lowest BCUT2D eigenvalue weighted by molar-refractivity contribution is -0.131. The summed E-state index contributed by atoms with van der Waals surface area (Å²) in [5.41, 5.74) is 3.85. The molecule has 1 fully saturated rings. The molecule has 1 unspecified atom stereocenters. The summed E-state index contributed by atoms with van der Waals surface area (Å²) in [6.07, 6.45) is 2.13. The van der Waals surface area contributed by atoms with Crippen LogP contribution in [0.25, 0.3) is 22.2 Å². The smallest absolute Gasteiger partial charge is 0.236 e. The van der Waals surface area contributed by atoms with E-state index >= 15 is 0 Å². The minimum absolute atomic E-state index is 0.0633. The summed E-state index contributed by atoms with van der Waals surface area (Å²) in [5, 5.41) is 20.0. The number of furan rings is 1. The molecule has 5 rings (SSSR count). The Morgan fingerprint density at radius 3 is 2.81 bits per heavy atom. The molecule has 0 saturated carbocycles. The zero-order chi connectivity index (χ0) is 21.8. The highest BCUT2D eigenvalue weighted by molar-refractivity contribution is 7.10. The molecule has 6 nitrogen and oxygen atoms in total. The van der Waals surface area contributed by atoms with Crippen molar-refractivity contribution in [3.05, 3.63) is 70.2 Å². The molecule has 0 bridgehead atoms. The first-order valence-corrected chi connectivity index (χ1v) is 11.0. The van der Waals surface area contributed by atoms with Gasteiger partial charge in [0.1, 0.15) is 11.4 Å². The second-order valence-electron chi connectivity index (χ2n) is 8.35. The number of hydrogen-bond acceptors (Lipinski definition) is 6. The van der Waals surface area contributed by atoms with E-state index in [-0.39, 0.29) is 5.91 Å². The van der Waals surface area contributed by atoms with Crippen molar-refractivity contribution in [2.24, 2.45) is 0 Å². The maximum atomic E-state index is 13.5. The third-order valence-corrected chi connectivity index (χ3v) is 7.43. The summed E-state index contributed by atoms with van der Waals surface area (Å²) in [7, 11) is 1.69. The fourth-order valence-corrected chi connectivity index (χ4v) is 5.49. The number of carbonyl (C=O) groups is 1. The highest BCUT2D eigenvalue weighted by Crippen LogP contribution is 2.49. The van der Waals surface area contributed by atoms with Crippen LogP contribution >= 0.6 is 11.3 Å².